The Hall–Kier alpha value is 1.38. The Labute approximate surface area is 80.9 Å². The molecule has 0 aromatic heterocycles. The molecule has 3 radical (unpaired) electrons. The number of hydrogen-bond acceptors (Lipinski definition) is 0. The van der Waals surface area contributed by atoms with Gasteiger partial charge >= 0.3 is 81.8 Å². The van der Waals surface area contributed by atoms with E-state index in [0.717, 1.165) is 0 Å². The minimum absolute atomic E-state index is 1.41. The van der Waals surface area contributed by atoms with Crippen molar-refractivity contribution >= 4 is 52.2 Å². The molecule has 43 valence electrons. The SMILES string of the molecule is C[C](=[Bi])/C(C)=[C](/C)[Bi]. The zero-order chi connectivity index (χ0) is 6.73. The third kappa shape index (κ3) is 3.41. The van der Waals surface area contributed by atoms with Crippen LogP contribution in [-0.4, -0.2) is 52.2 Å². The molecule has 0 heterocycles. The van der Waals surface area contributed by atoms with Crippen LogP contribution in [0, 0.1) is 0 Å². The predicted molar refractivity (Wildman–Crippen MR) is 40.6 cm³/mol. The fourth-order valence-corrected chi connectivity index (χ4v) is 3.03. The van der Waals surface area contributed by atoms with Crippen molar-refractivity contribution in [3.8, 4) is 0 Å². The molecule has 0 rings (SSSR count). The number of allylic oxidation sites excluding steroid dienone is 2. The third-order valence-corrected chi connectivity index (χ3v) is 3.69. The fourth-order valence-electron chi connectivity index (χ4n) is 0.262. The van der Waals surface area contributed by atoms with Crippen LogP contribution in [-0.2, 0) is 0 Å². The first kappa shape index (κ1) is 9.38. The Morgan fingerprint density at radius 3 is 1.50 bits per heavy atom. The van der Waals surface area contributed by atoms with Gasteiger partial charge in [-0.3, -0.25) is 0 Å². The zero-order valence-electron chi connectivity index (χ0n) is 5.39. The van der Waals surface area contributed by atoms with Crippen LogP contribution >= 0.6 is 0 Å². The van der Waals surface area contributed by atoms with Gasteiger partial charge in [0.15, 0.2) is 0 Å². The van der Waals surface area contributed by atoms with Crippen LogP contribution in [0.1, 0.15) is 20.8 Å². The van der Waals surface area contributed by atoms with Crippen molar-refractivity contribution in [3.63, 3.8) is 0 Å². The molecule has 0 N–H and O–H groups in total. The van der Waals surface area contributed by atoms with E-state index in [0.29, 0.717) is 0 Å². The van der Waals surface area contributed by atoms with E-state index in [1.807, 2.05) is 0 Å². The molecule has 0 aromatic carbocycles. The van der Waals surface area contributed by atoms with Crippen molar-refractivity contribution in [2.24, 2.45) is 0 Å². The van der Waals surface area contributed by atoms with Crippen LogP contribution in [0.15, 0.2) is 8.85 Å². The van der Waals surface area contributed by atoms with Crippen LogP contribution in [0.4, 0.5) is 0 Å². The minimum atomic E-state index is 1.41. The average Bonchev–Trinajstić information content (AvgIpc) is 1.64. The summed E-state index contributed by atoms with van der Waals surface area (Å²) >= 11 is 2.83. The molecule has 0 nitrogen and oxygen atoms in total. The molecule has 0 aliphatic carbocycles. The Kier molecular flexibility index (Phi) is 4.96. The fraction of sp³-hybridized carbons (Fsp3) is 0.500. The maximum absolute atomic E-state index is 2.21. The normalized spacial score (nSPS) is 13.0. The van der Waals surface area contributed by atoms with Gasteiger partial charge in [-0.1, -0.05) is 0 Å². The van der Waals surface area contributed by atoms with Gasteiger partial charge in [-0.15, -0.1) is 0 Å². The summed E-state index contributed by atoms with van der Waals surface area (Å²) in [7, 11) is 0. The molecule has 0 aliphatic rings. The molecule has 0 unspecified atom stereocenters. The van der Waals surface area contributed by atoms with E-state index in [-0.39, 0.29) is 0 Å². The molecule has 0 saturated carbocycles. The monoisotopic (exact) mass is 499 g/mol. The van der Waals surface area contributed by atoms with Crippen LogP contribution in [0.3, 0.4) is 0 Å². The summed E-state index contributed by atoms with van der Waals surface area (Å²) in [5.74, 6) is 0. The molecule has 0 fully saturated rings. The molecule has 0 aliphatic heterocycles. The second-order valence-corrected chi connectivity index (χ2v) is 7.01. The van der Waals surface area contributed by atoms with Crippen molar-refractivity contribution in [3.05, 3.63) is 8.85 Å². The van der Waals surface area contributed by atoms with Gasteiger partial charge in [0.25, 0.3) is 0 Å². The first-order chi connectivity index (χ1) is 3.55. The molecule has 0 atom stereocenters. The molecular formula is C6H9Bi2. The van der Waals surface area contributed by atoms with Gasteiger partial charge < -0.3 is 0 Å². The predicted octanol–water partition coefficient (Wildman–Crippen LogP) is 0.810. The summed E-state index contributed by atoms with van der Waals surface area (Å²) in [5.41, 5.74) is 1.53. The molecule has 0 spiro atoms. The van der Waals surface area contributed by atoms with Crippen LogP contribution in [0.5, 0.6) is 0 Å². The van der Waals surface area contributed by atoms with Gasteiger partial charge in [-0.2, -0.15) is 0 Å². The van der Waals surface area contributed by atoms with E-state index in [9.17, 15) is 0 Å². The van der Waals surface area contributed by atoms with Crippen LogP contribution < -0.4 is 0 Å². The van der Waals surface area contributed by atoms with E-state index in [1.165, 1.54) is 54.5 Å². The first-order valence-electron chi connectivity index (χ1n) is 2.45. The Morgan fingerprint density at radius 1 is 1.12 bits per heavy atom. The van der Waals surface area contributed by atoms with Crippen molar-refractivity contribution in [1.29, 1.82) is 0 Å². The molecular weight excluding hydrogens is 490 g/mol. The second-order valence-electron chi connectivity index (χ2n) is 1.80. The van der Waals surface area contributed by atoms with E-state index >= 15 is 0 Å². The maximum atomic E-state index is 2.21. The average molecular weight is 499 g/mol. The van der Waals surface area contributed by atoms with Crippen molar-refractivity contribution in [1.82, 2.24) is 0 Å². The second kappa shape index (κ2) is 4.23. The quantitative estimate of drug-likeness (QED) is 0.469. The Morgan fingerprint density at radius 2 is 1.50 bits per heavy atom. The van der Waals surface area contributed by atoms with Gasteiger partial charge in [0, 0.05) is 0 Å². The van der Waals surface area contributed by atoms with E-state index in [1.54, 1.807) is 6.49 Å². The Balaban J connectivity index is 4.23. The number of hydrogen-bond donors (Lipinski definition) is 0. The molecule has 0 bridgehead atoms. The van der Waals surface area contributed by atoms with Crippen LogP contribution in [0.25, 0.3) is 0 Å². The van der Waals surface area contributed by atoms with Gasteiger partial charge in [-0.05, 0) is 0 Å². The molecule has 2 heteroatoms. The van der Waals surface area contributed by atoms with Gasteiger partial charge in [-0.25, -0.2) is 0 Å². The summed E-state index contributed by atoms with van der Waals surface area (Å²) in [6.45, 7) is 6.63. The molecule has 0 amide bonds. The summed E-state index contributed by atoms with van der Waals surface area (Å²) in [6.07, 6.45) is 0. The summed E-state index contributed by atoms with van der Waals surface area (Å²) in [6, 6.07) is 0. The molecule has 8 heavy (non-hydrogen) atoms. The van der Waals surface area contributed by atoms with Crippen molar-refractivity contribution in [2.75, 3.05) is 0 Å². The summed E-state index contributed by atoms with van der Waals surface area (Å²) in [5, 5.41) is 0. The summed E-state index contributed by atoms with van der Waals surface area (Å²) in [4.78, 5) is 0. The molecule has 0 aromatic rings. The first-order valence-corrected chi connectivity index (χ1v) is 5.92. The van der Waals surface area contributed by atoms with E-state index in [2.05, 4.69) is 20.8 Å². The van der Waals surface area contributed by atoms with Gasteiger partial charge in [0.2, 0.25) is 0 Å². The third-order valence-electron chi connectivity index (χ3n) is 1.09. The van der Waals surface area contributed by atoms with Crippen molar-refractivity contribution < 1.29 is 0 Å². The topological polar surface area (TPSA) is 0 Å². The summed E-state index contributed by atoms with van der Waals surface area (Å²) < 4.78 is 3.12. The van der Waals surface area contributed by atoms with Gasteiger partial charge in [0.1, 0.15) is 0 Å². The van der Waals surface area contributed by atoms with E-state index in [4.69, 9.17) is 0 Å². The zero-order valence-corrected chi connectivity index (χ0v) is 12.3. The van der Waals surface area contributed by atoms with Gasteiger partial charge in [0.05, 0.1) is 0 Å². The van der Waals surface area contributed by atoms with E-state index < -0.39 is 0 Å². The van der Waals surface area contributed by atoms with Crippen molar-refractivity contribution in [2.45, 2.75) is 20.8 Å². The van der Waals surface area contributed by atoms with Crippen LogP contribution in [0.2, 0.25) is 0 Å². The Bertz CT molecular complexity index is 129. The number of rotatable bonds is 1. The molecule has 0 saturated heterocycles. The standard InChI is InChI=1S/C6H9.2Bi/c1-4-6(3)5-2;;/h1-3H3;;.